The zero-order valence-corrected chi connectivity index (χ0v) is 18.6. The van der Waals surface area contributed by atoms with Crippen molar-refractivity contribution >= 4 is 5.91 Å². The normalized spacial score (nSPS) is 21.4. The molecule has 33 heavy (non-hydrogen) atoms. The van der Waals surface area contributed by atoms with Gasteiger partial charge < -0.3 is 14.8 Å². The molecule has 2 bridgehead atoms. The van der Waals surface area contributed by atoms with Crippen molar-refractivity contribution in [3.05, 3.63) is 65.2 Å². The third-order valence-electron chi connectivity index (χ3n) is 5.86. The fourth-order valence-corrected chi connectivity index (χ4v) is 4.36. The summed E-state index contributed by atoms with van der Waals surface area (Å²) in [5.41, 5.74) is 2.42. The van der Waals surface area contributed by atoms with Crippen molar-refractivity contribution in [2.75, 3.05) is 32.7 Å². The first-order valence-corrected chi connectivity index (χ1v) is 11.0. The average Bonchev–Trinajstić information content (AvgIpc) is 2.82. The third-order valence-corrected chi connectivity index (χ3v) is 5.86. The lowest BCUT2D eigenvalue weighted by Crippen LogP contribution is -2.63. The zero-order chi connectivity index (χ0) is 23.2. The Bertz CT molecular complexity index is 1030. The molecular weight excluding hydrogens is 418 g/mol. The molecule has 3 atom stereocenters. The first-order chi connectivity index (χ1) is 16.0. The van der Waals surface area contributed by atoms with Gasteiger partial charge in [0.1, 0.15) is 5.75 Å². The van der Waals surface area contributed by atoms with Gasteiger partial charge in [-0.15, -0.1) is 0 Å². The van der Waals surface area contributed by atoms with E-state index in [-0.39, 0.29) is 24.3 Å². The van der Waals surface area contributed by atoms with Crippen LogP contribution < -0.4 is 10.1 Å². The minimum absolute atomic E-state index is 0.0419. The summed E-state index contributed by atoms with van der Waals surface area (Å²) in [7, 11) is 0. The molecule has 2 aliphatic rings. The highest BCUT2D eigenvalue weighted by molar-refractivity contribution is 5.72. The predicted octanol–water partition coefficient (Wildman–Crippen LogP) is 1.86. The molecule has 0 aromatic heterocycles. The highest BCUT2D eigenvalue weighted by Gasteiger charge is 2.38. The summed E-state index contributed by atoms with van der Waals surface area (Å²) in [6.45, 7) is 5.67. The summed E-state index contributed by atoms with van der Waals surface area (Å²) in [5.74, 6) is 0.550. The van der Waals surface area contributed by atoms with Crippen molar-refractivity contribution in [1.82, 2.24) is 15.1 Å². The van der Waals surface area contributed by atoms with Gasteiger partial charge in [0.2, 0.25) is 5.91 Å². The first-order valence-electron chi connectivity index (χ1n) is 11.0. The van der Waals surface area contributed by atoms with E-state index < -0.39 is 0 Å². The maximum Gasteiger partial charge on any atom is 0.217 e. The summed E-state index contributed by atoms with van der Waals surface area (Å²) >= 11 is 0. The number of carbonyl (C=O) groups is 1. The fraction of sp³-hybridized carbons (Fsp3) is 0.400. The van der Waals surface area contributed by atoms with Crippen molar-refractivity contribution < 1.29 is 14.3 Å². The molecule has 0 aliphatic carbocycles. The van der Waals surface area contributed by atoms with Gasteiger partial charge in [0.25, 0.3) is 0 Å². The lowest BCUT2D eigenvalue weighted by Gasteiger charge is -2.47. The summed E-state index contributed by atoms with van der Waals surface area (Å²) in [5, 5.41) is 20.9. The number of benzene rings is 2. The number of hydrogen-bond acceptors (Lipinski definition) is 7. The number of nitriles is 2. The van der Waals surface area contributed by atoms with Crippen LogP contribution in [0, 0.1) is 22.7 Å². The van der Waals surface area contributed by atoms with Crippen LogP contribution >= 0.6 is 0 Å². The summed E-state index contributed by atoms with van der Waals surface area (Å²) in [6.07, 6.45) is -0.249. The molecule has 2 aromatic carbocycles. The van der Waals surface area contributed by atoms with Gasteiger partial charge in [-0.2, -0.15) is 10.5 Å². The zero-order valence-electron chi connectivity index (χ0n) is 18.6. The highest BCUT2D eigenvalue weighted by atomic mass is 16.5. The Hall–Kier alpha value is -3.43. The molecule has 1 N–H and O–H groups in total. The van der Waals surface area contributed by atoms with Gasteiger partial charge >= 0.3 is 0 Å². The van der Waals surface area contributed by atoms with Crippen LogP contribution in [0.4, 0.5) is 0 Å². The second-order valence-corrected chi connectivity index (χ2v) is 8.48. The minimum Gasteiger partial charge on any atom is -0.473 e. The molecule has 2 aromatic rings. The van der Waals surface area contributed by atoms with Crippen molar-refractivity contribution in [3.8, 4) is 17.9 Å². The molecule has 0 saturated carbocycles. The molecule has 2 saturated heterocycles. The van der Waals surface area contributed by atoms with E-state index in [1.807, 2.05) is 24.3 Å². The van der Waals surface area contributed by atoms with Gasteiger partial charge in [-0.25, -0.2) is 0 Å². The van der Waals surface area contributed by atoms with E-state index in [4.69, 9.17) is 20.0 Å². The quantitative estimate of drug-likeness (QED) is 0.694. The molecular formula is C25H27N5O3. The number of ether oxygens (including phenoxy) is 2. The maximum atomic E-state index is 11.5. The van der Waals surface area contributed by atoms with E-state index in [2.05, 4.69) is 27.3 Å². The molecule has 0 radical (unpaired) electrons. The molecule has 2 aliphatic heterocycles. The standard InChI is InChI=1S/C25H27N5O3/c1-18(31)28-12-25(33-22-8-6-20(11-27)7-9-22)30-16-23-14-29(15-24(17-30)32-23)13-21-4-2-19(10-26)3-5-21/h2-9,23-25H,12-17H2,1H3,(H,28,31). The van der Waals surface area contributed by atoms with Crippen LogP contribution in [0.3, 0.4) is 0 Å². The lowest BCUT2D eigenvalue weighted by molar-refractivity contribution is -0.165. The van der Waals surface area contributed by atoms with Gasteiger partial charge in [-0.3, -0.25) is 14.6 Å². The van der Waals surface area contributed by atoms with Crippen molar-refractivity contribution in [1.29, 1.82) is 10.5 Å². The molecule has 170 valence electrons. The number of rotatable bonds is 7. The number of hydrogen-bond donors (Lipinski definition) is 1. The van der Waals surface area contributed by atoms with Gasteiger partial charge in [0.05, 0.1) is 42.0 Å². The van der Waals surface area contributed by atoms with Crippen LogP contribution in [0.2, 0.25) is 0 Å². The SMILES string of the molecule is CC(=O)NCC(Oc1ccc(C#N)cc1)N1CC2CN(Cc3ccc(C#N)cc3)CC(C1)O2. The van der Waals surface area contributed by atoms with Crippen LogP contribution in [0.15, 0.2) is 48.5 Å². The monoisotopic (exact) mass is 445 g/mol. The number of carbonyl (C=O) groups excluding carboxylic acids is 1. The number of morpholine rings is 2. The summed E-state index contributed by atoms with van der Waals surface area (Å²) in [6, 6.07) is 19.0. The van der Waals surface area contributed by atoms with Crippen LogP contribution in [-0.4, -0.2) is 66.9 Å². The molecule has 3 unspecified atom stereocenters. The van der Waals surface area contributed by atoms with Gasteiger partial charge in [-0.1, -0.05) is 12.1 Å². The molecule has 8 heteroatoms. The fourth-order valence-electron chi connectivity index (χ4n) is 4.36. The lowest BCUT2D eigenvalue weighted by atomic mass is 10.1. The minimum atomic E-state index is -0.333. The molecule has 8 nitrogen and oxygen atoms in total. The van der Waals surface area contributed by atoms with Gasteiger partial charge in [0.15, 0.2) is 6.23 Å². The van der Waals surface area contributed by atoms with Gasteiger partial charge in [-0.05, 0) is 42.0 Å². The summed E-state index contributed by atoms with van der Waals surface area (Å²) < 4.78 is 12.4. The molecule has 4 rings (SSSR count). The van der Waals surface area contributed by atoms with E-state index in [0.717, 1.165) is 19.6 Å². The largest absolute Gasteiger partial charge is 0.473 e. The molecule has 2 heterocycles. The van der Waals surface area contributed by atoms with Crippen molar-refractivity contribution in [2.24, 2.45) is 0 Å². The first kappa shape index (κ1) is 22.8. The van der Waals surface area contributed by atoms with E-state index in [9.17, 15) is 4.79 Å². The Balaban J connectivity index is 1.39. The number of fused-ring (bicyclic) bond motifs is 2. The second-order valence-electron chi connectivity index (χ2n) is 8.48. The topological polar surface area (TPSA) is 102 Å². The Morgan fingerprint density at radius 3 is 2.15 bits per heavy atom. The van der Waals surface area contributed by atoms with Crippen molar-refractivity contribution in [3.63, 3.8) is 0 Å². The number of amides is 1. The molecule has 1 amide bonds. The maximum absolute atomic E-state index is 11.5. The highest BCUT2D eigenvalue weighted by Crippen LogP contribution is 2.24. The molecule has 0 spiro atoms. The summed E-state index contributed by atoms with van der Waals surface area (Å²) in [4.78, 5) is 16.2. The van der Waals surface area contributed by atoms with Crippen LogP contribution in [0.1, 0.15) is 23.6 Å². The Labute approximate surface area is 193 Å². The molecule has 2 fully saturated rings. The van der Waals surface area contributed by atoms with E-state index in [0.29, 0.717) is 36.5 Å². The Kier molecular flexibility index (Phi) is 7.21. The Morgan fingerprint density at radius 1 is 1.03 bits per heavy atom. The van der Waals surface area contributed by atoms with E-state index in [1.165, 1.54) is 12.5 Å². The van der Waals surface area contributed by atoms with Crippen LogP contribution in [0.5, 0.6) is 5.75 Å². The van der Waals surface area contributed by atoms with E-state index in [1.54, 1.807) is 24.3 Å². The van der Waals surface area contributed by atoms with Crippen LogP contribution in [-0.2, 0) is 16.1 Å². The van der Waals surface area contributed by atoms with Crippen molar-refractivity contribution in [2.45, 2.75) is 31.9 Å². The second kappa shape index (κ2) is 10.5. The Morgan fingerprint density at radius 2 is 1.61 bits per heavy atom. The number of nitrogens with zero attached hydrogens (tertiary/aromatic N) is 4. The smallest absolute Gasteiger partial charge is 0.217 e. The van der Waals surface area contributed by atoms with Gasteiger partial charge in [0, 0.05) is 39.6 Å². The third kappa shape index (κ3) is 6.09. The number of nitrogens with one attached hydrogen (secondary N) is 1. The predicted molar refractivity (Wildman–Crippen MR) is 121 cm³/mol. The van der Waals surface area contributed by atoms with E-state index >= 15 is 0 Å². The van der Waals surface area contributed by atoms with Crippen LogP contribution in [0.25, 0.3) is 0 Å². The average molecular weight is 446 g/mol.